The summed E-state index contributed by atoms with van der Waals surface area (Å²) in [5.74, 6) is -0.774. The van der Waals surface area contributed by atoms with E-state index in [1.54, 1.807) is 12.0 Å². The molecule has 4 rings (SSSR count). The van der Waals surface area contributed by atoms with Crippen LogP contribution in [0.1, 0.15) is 48.3 Å². The van der Waals surface area contributed by atoms with Crippen LogP contribution in [0.3, 0.4) is 0 Å². The number of carbonyl (C=O) groups excluding carboxylic acids is 2. The fourth-order valence-corrected chi connectivity index (χ4v) is 4.90. The average Bonchev–Trinajstić information content (AvgIpc) is 2.92. The molecule has 28 heavy (non-hydrogen) atoms. The first-order valence-corrected chi connectivity index (χ1v) is 10.0. The number of hydrogen-bond acceptors (Lipinski definition) is 3. The molecule has 4 nitrogen and oxygen atoms in total. The molecule has 0 bridgehead atoms. The Morgan fingerprint density at radius 3 is 2.32 bits per heavy atom. The minimum atomic E-state index is -0.770. The minimum Gasteiger partial charge on any atom is -0.381 e. The van der Waals surface area contributed by atoms with Crippen molar-refractivity contribution in [2.24, 2.45) is 0 Å². The normalized spacial score (nSPS) is 27.6. The Morgan fingerprint density at radius 1 is 1.00 bits per heavy atom. The van der Waals surface area contributed by atoms with Gasteiger partial charge in [0.1, 0.15) is 11.5 Å². The number of benzene rings is 2. The predicted octanol–water partition coefficient (Wildman–Crippen LogP) is 4.33. The van der Waals surface area contributed by atoms with Crippen LogP contribution in [0.2, 0.25) is 0 Å². The number of aryl methyl sites for hydroxylation is 2. The Bertz CT molecular complexity index is 897. The summed E-state index contributed by atoms with van der Waals surface area (Å²) < 4.78 is 5.53. The van der Waals surface area contributed by atoms with Crippen LogP contribution in [0.15, 0.2) is 48.5 Å². The van der Waals surface area contributed by atoms with Crippen molar-refractivity contribution in [3.05, 3.63) is 65.2 Å². The standard InChI is InChI=1S/C24H27NO3/c1-16-9-10-17(2)20(15-16)21-22(26)24(13-11-19(28-3)12-14-24)25(23(21)27)18-7-5-4-6-8-18/h4-10,15,19,21H,11-14H2,1-3H3. The summed E-state index contributed by atoms with van der Waals surface area (Å²) in [4.78, 5) is 29.3. The van der Waals surface area contributed by atoms with E-state index < -0.39 is 11.5 Å². The lowest BCUT2D eigenvalue weighted by molar-refractivity contribution is -0.126. The second kappa shape index (κ2) is 7.17. The van der Waals surface area contributed by atoms with E-state index in [9.17, 15) is 9.59 Å². The molecule has 2 fully saturated rings. The second-order valence-corrected chi connectivity index (χ2v) is 8.13. The molecule has 1 unspecified atom stereocenters. The van der Waals surface area contributed by atoms with Gasteiger partial charge in [-0.15, -0.1) is 0 Å². The maximum absolute atomic E-state index is 13.8. The van der Waals surface area contributed by atoms with Gasteiger partial charge < -0.3 is 4.74 Å². The number of nitrogens with zero attached hydrogens (tertiary/aromatic N) is 1. The number of methoxy groups -OCH3 is 1. The number of Topliss-reactive ketones (excluding diaryl/α,β-unsaturated/α-hetero) is 1. The van der Waals surface area contributed by atoms with Gasteiger partial charge in [0.25, 0.3) is 0 Å². The van der Waals surface area contributed by atoms with E-state index in [-0.39, 0.29) is 17.8 Å². The van der Waals surface area contributed by atoms with E-state index in [1.807, 2.05) is 62.4 Å². The lowest BCUT2D eigenvalue weighted by Gasteiger charge is -2.41. The zero-order chi connectivity index (χ0) is 19.9. The number of para-hydroxylation sites is 1. The van der Waals surface area contributed by atoms with Gasteiger partial charge in [0.2, 0.25) is 5.91 Å². The third-order valence-corrected chi connectivity index (χ3v) is 6.47. The summed E-state index contributed by atoms with van der Waals surface area (Å²) in [5.41, 5.74) is 2.95. The van der Waals surface area contributed by atoms with Crippen LogP contribution in [0.5, 0.6) is 0 Å². The molecule has 1 aliphatic heterocycles. The zero-order valence-corrected chi connectivity index (χ0v) is 16.8. The highest BCUT2D eigenvalue weighted by molar-refractivity contribution is 6.25. The molecule has 2 aliphatic rings. The fourth-order valence-electron chi connectivity index (χ4n) is 4.90. The molecule has 146 valence electrons. The first-order chi connectivity index (χ1) is 13.5. The Morgan fingerprint density at radius 2 is 1.68 bits per heavy atom. The van der Waals surface area contributed by atoms with E-state index in [0.29, 0.717) is 12.8 Å². The average molecular weight is 377 g/mol. The van der Waals surface area contributed by atoms with Crippen molar-refractivity contribution >= 4 is 17.4 Å². The molecule has 4 heteroatoms. The molecule has 1 saturated carbocycles. The summed E-state index contributed by atoms with van der Waals surface area (Å²) in [7, 11) is 1.72. The molecular weight excluding hydrogens is 350 g/mol. The van der Waals surface area contributed by atoms with Gasteiger partial charge in [-0.1, -0.05) is 42.0 Å². The molecule has 2 aromatic carbocycles. The van der Waals surface area contributed by atoms with E-state index in [4.69, 9.17) is 4.74 Å². The van der Waals surface area contributed by atoms with E-state index >= 15 is 0 Å². The van der Waals surface area contributed by atoms with Gasteiger partial charge in [0.15, 0.2) is 5.78 Å². The van der Waals surface area contributed by atoms with Gasteiger partial charge in [-0.3, -0.25) is 14.5 Å². The van der Waals surface area contributed by atoms with Crippen LogP contribution >= 0.6 is 0 Å². The highest BCUT2D eigenvalue weighted by Crippen LogP contribution is 2.48. The zero-order valence-electron chi connectivity index (χ0n) is 16.8. The summed E-state index contributed by atoms with van der Waals surface area (Å²) in [6.45, 7) is 3.98. The Balaban J connectivity index is 1.83. The molecule has 1 amide bonds. The Kier molecular flexibility index (Phi) is 4.84. The van der Waals surface area contributed by atoms with Crippen LogP contribution in [0.25, 0.3) is 0 Å². The van der Waals surface area contributed by atoms with Crippen molar-refractivity contribution in [2.45, 2.75) is 57.1 Å². The van der Waals surface area contributed by atoms with Crippen LogP contribution in [-0.2, 0) is 14.3 Å². The summed E-state index contributed by atoms with van der Waals surface area (Å²) in [6, 6.07) is 15.7. The SMILES string of the molecule is COC1CCC2(CC1)C(=O)C(c1cc(C)ccc1C)C(=O)N2c1ccccc1. The summed E-state index contributed by atoms with van der Waals surface area (Å²) >= 11 is 0. The van der Waals surface area contributed by atoms with E-state index in [2.05, 4.69) is 0 Å². The topological polar surface area (TPSA) is 46.6 Å². The molecule has 0 N–H and O–H groups in total. The molecule has 0 radical (unpaired) electrons. The van der Waals surface area contributed by atoms with Crippen molar-refractivity contribution in [1.82, 2.24) is 0 Å². The van der Waals surface area contributed by atoms with Gasteiger partial charge in [-0.25, -0.2) is 0 Å². The second-order valence-electron chi connectivity index (χ2n) is 8.13. The Labute approximate surface area is 166 Å². The fraction of sp³-hybridized carbons (Fsp3) is 0.417. The monoisotopic (exact) mass is 377 g/mol. The van der Waals surface area contributed by atoms with E-state index in [1.165, 1.54) is 0 Å². The molecule has 1 aliphatic carbocycles. The van der Waals surface area contributed by atoms with Crippen LogP contribution in [0.4, 0.5) is 5.69 Å². The molecule has 1 atom stereocenters. The summed E-state index contributed by atoms with van der Waals surface area (Å²) in [6.07, 6.45) is 3.03. The maximum Gasteiger partial charge on any atom is 0.243 e. The first-order valence-electron chi connectivity index (χ1n) is 10.0. The number of ketones is 1. The van der Waals surface area contributed by atoms with Crippen LogP contribution < -0.4 is 4.90 Å². The largest absolute Gasteiger partial charge is 0.381 e. The lowest BCUT2D eigenvalue weighted by atomic mass is 9.74. The molecule has 0 aromatic heterocycles. The maximum atomic E-state index is 13.8. The number of hydrogen-bond donors (Lipinski definition) is 0. The molecular formula is C24H27NO3. The number of amides is 1. The predicted molar refractivity (Wildman–Crippen MR) is 110 cm³/mol. The molecule has 1 spiro atoms. The van der Waals surface area contributed by atoms with Crippen molar-refractivity contribution in [3.8, 4) is 0 Å². The van der Waals surface area contributed by atoms with Gasteiger partial charge >= 0.3 is 0 Å². The summed E-state index contributed by atoms with van der Waals surface area (Å²) in [5, 5.41) is 0. The Hall–Kier alpha value is -2.46. The quantitative estimate of drug-likeness (QED) is 0.748. The number of ether oxygens (including phenoxy) is 1. The third kappa shape index (κ3) is 2.87. The lowest BCUT2D eigenvalue weighted by Crippen LogP contribution is -2.53. The van der Waals surface area contributed by atoms with Gasteiger partial charge in [-0.05, 0) is 62.8 Å². The first kappa shape index (κ1) is 18.9. The van der Waals surface area contributed by atoms with Gasteiger partial charge in [0, 0.05) is 12.8 Å². The van der Waals surface area contributed by atoms with Gasteiger partial charge in [0.05, 0.1) is 6.10 Å². The number of carbonyl (C=O) groups is 2. The van der Waals surface area contributed by atoms with Crippen LogP contribution in [0, 0.1) is 13.8 Å². The number of anilines is 1. The smallest absolute Gasteiger partial charge is 0.243 e. The van der Waals surface area contributed by atoms with E-state index in [0.717, 1.165) is 35.2 Å². The third-order valence-electron chi connectivity index (χ3n) is 6.47. The molecule has 1 heterocycles. The van der Waals surface area contributed by atoms with Gasteiger partial charge in [-0.2, -0.15) is 0 Å². The highest BCUT2D eigenvalue weighted by Gasteiger charge is 2.60. The highest BCUT2D eigenvalue weighted by atomic mass is 16.5. The molecule has 2 aromatic rings. The van der Waals surface area contributed by atoms with Crippen molar-refractivity contribution in [2.75, 3.05) is 12.0 Å². The van der Waals surface area contributed by atoms with Crippen molar-refractivity contribution in [1.29, 1.82) is 0 Å². The molecule has 1 saturated heterocycles. The van der Waals surface area contributed by atoms with Crippen LogP contribution in [-0.4, -0.2) is 30.4 Å². The van der Waals surface area contributed by atoms with Crippen molar-refractivity contribution in [3.63, 3.8) is 0 Å². The minimum absolute atomic E-state index is 0.0459. The van der Waals surface area contributed by atoms with Crippen molar-refractivity contribution < 1.29 is 14.3 Å². The number of rotatable bonds is 3.